The van der Waals surface area contributed by atoms with Crippen LogP contribution in [0.25, 0.3) is 10.9 Å². The highest BCUT2D eigenvalue weighted by Crippen LogP contribution is 2.34. The molecule has 2 aromatic carbocycles. The van der Waals surface area contributed by atoms with Crippen molar-refractivity contribution in [3.05, 3.63) is 84.6 Å². The van der Waals surface area contributed by atoms with Gasteiger partial charge >= 0.3 is 6.09 Å². The lowest BCUT2D eigenvalue weighted by Gasteiger charge is -2.22. The number of anilines is 3. The molecule has 0 aliphatic rings. The minimum absolute atomic E-state index is 0.189. The minimum Gasteiger partial charge on any atom is -0.449 e. The number of amides is 2. The van der Waals surface area contributed by atoms with E-state index < -0.39 is 12.0 Å². The SMILES string of the molecule is CCOC(=O)N(c1ccncc1)c1ccc2c(c1)c(NC(=O)C=O)cn2Cc1ccc(F)cc1. The topological polar surface area (TPSA) is 93.5 Å². The van der Waals surface area contributed by atoms with Crippen molar-refractivity contribution < 1.29 is 23.5 Å². The van der Waals surface area contributed by atoms with Crippen molar-refractivity contribution in [2.45, 2.75) is 13.5 Å². The molecule has 4 aromatic rings. The molecule has 172 valence electrons. The van der Waals surface area contributed by atoms with E-state index in [0.717, 1.165) is 11.1 Å². The minimum atomic E-state index is -0.803. The Morgan fingerprint density at radius 2 is 1.82 bits per heavy atom. The number of hydrogen-bond acceptors (Lipinski definition) is 5. The third-order valence-corrected chi connectivity index (χ3v) is 5.13. The number of ether oxygens (including phenoxy) is 1. The molecule has 0 spiro atoms. The van der Waals surface area contributed by atoms with Gasteiger partial charge in [-0.2, -0.15) is 0 Å². The maximum Gasteiger partial charge on any atom is 0.418 e. The monoisotopic (exact) mass is 460 g/mol. The van der Waals surface area contributed by atoms with Gasteiger partial charge in [0.05, 0.1) is 29.2 Å². The molecule has 0 bridgehead atoms. The van der Waals surface area contributed by atoms with Gasteiger partial charge in [-0.3, -0.25) is 14.6 Å². The predicted molar refractivity (Wildman–Crippen MR) is 126 cm³/mol. The van der Waals surface area contributed by atoms with Crippen molar-refractivity contribution in [1.82, 2.24) is 9.55 Å². The molecular formula is C25H21FN4O4. The zero-order valence-corrected chi connectivity index (χ0v) is 18.3. The fraction of sp³-hybridized carbons (Fsp3) is 0.120. The summed E-state index contributed by atoms with van der Waals surface area (Å²) >= 11 is 0. The van der Waals surface area contributed by atoms with Crippen molar-refractivity contribution in [3.8, 4) is 0 Å². The van der Waals surface area contributed by atoms with Gasteiger partial charge in [-0.25, -0.2) is 14.1 Å². The summed E-state index contributed by atoms with van der Waals surface area (Å²) in [6.07, 6.45) is 4.44. The lowest BCUT2D eigenvalue weighted by atomic mass is 10.2. The fourth-order valence-corrected chi connectivity index (χ4v) is 3.64. The summed E-state index contributed by atoms with van der Waals surface area (Å²) in [6, 6.07) is 14.7. The number of pyridine rings is 1. The molecule has 0 saturated carbocycles. The van der Waals surface area contributed by atoms with E-state index in [1.807, 2.05) is 4.57 Å². The third-order valence-electron chi connectivity index (χ3n) is 5.13. The fourth-order valence-electron chi connectivity index (χ4n) is 3.64. The van der Waals surface area contributed by atoms with Crippen molar-refractivity contribution >= 4 is 46.3 Å². The smallest absolute Gasteiger partial charge is 0.418 e. The summed E-state index contributed by atoms with van der Waals surface area (Å²) in [5, 5.41) is 3.19. The number of fused-ring (bicyclic) bond motifs is 1. The average molecular weight is 460 g/mol. The van der Waals surface area contributed by atoms with E-state index in [1.165, 1.54) is 17.0 Å². The van der Waals surface area contributed by atoms with Crippen LogP contribution in [0.4, 0.5) is 26.2 Å². The molecule has 2 aromatic heterocycles. The molecule has 0 aliphatic carbocycles. The number of benzene rings is 2. The van der Waals surface area contributed by atoms with Crippen LogP contribution < -0.4 is 10.2 Å². The van der Waals surface area contributed by atoms with Crippen LogP contribution >= 0.6 is 0 Å². The molecule has 2 amide bonds. The van der Waals surface area contributed by atoms with E-state index in [1.54, 1.807) is 68.0 Å². The molecule has 0 fully saturated rings. The van der Waals surface area contributed by atoms with Gasteiger partial charge in [0.25, 0.3) is 5.91 Å². The molecule has 0 unspecified atom stereocenters. The highest BCUT2D eigenvalue weighted by atomic mass is 19.1. The standard InChI is InChI=1S/C25H21FN4O4/c1-2-34-25(33)30(19-9-11-27-12-10-19)20-7-8-23-21(13-20)22(28-24(32)16-31)15-29(23)14-17-3-5-18(26)6-4-17/h3-13,15-16H,2,14H2,1H3,(H,28,32). The van der Waals surface area contributed by atoms with Crippen LogP contribution in [-0.4, -0.2) is 34.4 Å². The van der Waals surface area contributed by atoms with E-state index in [0.29, 0.717) is 29.0 Å². The first kappa shape index (κ1) is 22.7. The Hall–Kier alpha value is -4.53. The van der Waals surface area contributed by atoms with E-state index in [4.69, 9.17) is 4.74 Å². The van der Waals surface area contributed by atoms with Crippen LogP contribution in [0, 0.1) is 5.82 Å². The van der Waals surface area contributed by atoms with Crippen LogP contribution in [0.2, 0.25) is 0 Å². The summed E-state index contributed by atoms with van der Waals surface area (Å²) in [5.41, 5.74) is 3.04. The first-order valence-electron chi connectivity index (χ1n) is 10.5. The second kappa shape index (κ2) is 9.95. The third kappa shape index (κ3) is 4.78. The largest absolute Gasteiger partial charge is 0.449 e. The van der Waals surface area contributed by atoms with Crippen molar-refractivity contribution in [3.63, 3.8) is 0 Å². The summed E-state index contributed by atoms with van der Waals surface area (Å²) in [7, 11) is 0. The van der Waals surface area contributed by atoms with E-state index >= 15 is 0 Å². The van der Waals surface area contributed by atoms with Crippen LogP contribution in [0.15, 0.2) is 73.2 Å². The van der Waals surface area contributed by atoms with Gasteiger partial charge in [0.1, 0.15) is 5.82 Å². The number of hydrogen-bond donors (Lipinski definition) is 1. The van der Waals surface area contributed by atoms with Crippen molar-refractivity contribution in [2.24, 2.45) is 0 Å². The predicted octanol–water partition coefficient (Wildman–Crippen LogP) is 4.66. The Labute approximate surface area is 194 Å². The molecule has 8 nitrogen and oxygen atoms in total. The summed E-state index contributed by atoms with van der Waals surface area (Å²) in [5.74, 6) is -1.14. The zero-order valence-electron chi connectivity index (χ0n) is 18.3. The van der Waals surface area contributed by atoms with Gasteiger partial charge in [0.15, 0.2) is 0 Å². The Bertz CT molecular complexity index is 1340. The number of nitrogens with one attached hydrogen (secondary N) is 1. The van der Waals surface area contributed by atoms with Crippen LogP contribution in [0.5, 0.6) is 0 Å². The molecular weight excluding hydrogens is 439 g/mol. The Kier molecular flexibility index (Phi) is 6.63. The first-order chi connectivity index (χ1) is 16.5. The average Bonchev–Trinajstić information content (AvgIpc) is 3.17. The number of nitrogens with zero attached hydrogens (tertiary/aromatic N) is 3. The molecule has 34 heavy (non-hydrogen) atoms. The van der Waals surface area contributed by atoms with E-state index in [9.17, 15) is 18.8 Å². The second-order valence-electron chi connectivity index (χ2n) is 7.35. The van der Waals surface area contributed by atoms with Gasteiger partial charge in [-0.15, -0.1) is 0 Å². The lowest BCUT2D eigenvalue weighted by molar-refractivity contribution is -0.127. The highest BCUT2D eigenvalue weighted by Gasteiger charge is 2.21. The van der Waals surface area contributed by atoms with Crippen molar-refractivity contribution in [1.29, 1.82) is 0 Å². The Morgan fingerprint density at radius 1 is 1.09 bits per heavy atom. The quantitative estimate of drug-likeness (QED) is 0.320. The number of carbonyl (C=O) groups excluding carboxylic acids is 3. The molecule has 0 aliphatic heterocycles. The normalized spacial score (nSPS) is 10.6. The Balaban J connectivity index is 1.82. The maximum absolute atomic E-state index is 13.3. The number of aromatic nitrogens is 2. The highest BCUT2D eigenvalue weighted by molar-refractivity contribution is 6.30. The second-order valence-corrected chi connectivity index (χ2v) is 7.35. The molecule has 0 saturated heterocycles. The van der Waals surface area contributed by atoms with Crippen LogP contribution in [0.3, 0.4) is 0 Å². The molecule has 9 heteroatoms. The van der Waals surface area contributed by atoms with Gasteiger partial charge < -0.3 is 14.6 Å². The molecule has 0 atom stereocenters. The summed E-state index contributed by atoms with van der Waals surface area (Å²) in [4.78, 5) is 41.0. The first-order valence-corrected chi connectivity index (χ1v) is 10.5. The Morgan fingerprint density at radius 3 is 2.50 bits per heavy atom. The lowest BCUT2D eigenvalue weighted by Crippen LogP contribution is -2.26. The molecule has 0 radical (unpaired) electrons. The zero-order chi connectivity index (χ0) is 24.1. The maximum atomic E-state index is 13.3. The van der Waals surface area contributed by atoms with Crippen molar-refractivity contribution in [2.75, 3.05) is 16.8 Å². The molecule has 4 rings (SSSR count). The summed E-state index contributed by atoms with van der Waals surface area (Å²) in [6.45, 7) is 2.31. The van der Waals surface area contributed by atoms with Crippen LogP contribution in [0.1, 0.15) is 12.5 Å². The van der Waals surface area contributed by atoms with Crippen LogP contribution in [-0.2, 0) is 20.9 Å². The number of rotatable bonds is 7. The van der Waals surface area contributed by atoms with Gasteiger partial charge in [-0.1, -0.05) is 12.1 Å². The molecule has 2 heterocycles. The van der Waals surface area contributed by atoms with Gasteiger partial charge in [0.2, 0.25) is 6.29 Å². The summed E-state index contributed by atoms with van der Waals surface area (Å²) < 4.78 is 20.4. The number of aldehydes is 1. The van der Waals surface area contributed by atoms with Gasteiger partial charge in [-0.05, 0) is 55.0 Å². The molecule has 1 N–H and O–H groups in total. The number of carbonyl (C=O) groups is 3. The van der Waals surface area contributed by atoms with E-state index in [2.05, 4.69) is 10.3 Å². The van der Waals surface area contributed by atoms with Gasteiger partial charge in [0, 0.05) is 30.5 Å². The number of halogens is 1. The van der Waals surface area contributed by atoms with E-state index in [-0.39, 0.29) is 18.7 Å².